The number of halogens is 3. The van der Waals surface area contributed by atoms with Crippen LogP contribution in [0.1, 0.15) is 24.0 Å². The van der Waals surface area contributed by atoms with Crippen LogP contribution in [0.25, 0.3) is 0 Å². The summed E-state index contributed by atoms with van der Waals surface area (Å²) in [6.07, 6.45) is -4.26. The van der Waals surface area contributed by atoms with Gasteiger partial charge in [0, 0.05) is 13.0 Å². The Balaban J connectivity index is 2.81. The van der Waals surface area contributed by atoms with Crippen molar-refractivity contribution >= 4 is 0 Å². The quantitative estimate of drug-likeness (QED) is 0.755. The molecule has 0 amide bonds. The number of rotatable bonds is 3. The van der Waals surface area contributed by atoms with Crippen molar-refractivity contribution in [2.75, 3.05) is 13.7 Å². The Labute approximate surface area is 86.9 Å². The third-order valence-corrected chi connectivity index (χ3v) is 2.22. The van der Waals surface area contributed by atoms with Gasteiger partial charge in [-0.15, -0.1) is 0 Å². The van der Waals surface area contributed by atoms with E-state index in [4.69, 9.17) is 4.74 Å². The highest BCUT2D eigenvalue weighted by atomic mass is 19.4. The number of hydrogen-bond acceptors (Lipinski definition) is 1. The van der Waals surface area contributed by atoms with E-state index in [9.17, 15) is 13.2 Å². The Morgan fingerprint density at radius 3 is 2.13 bits per heavy atom. The predicted molar refractivity (Wildman–Crippen MR) is 51.7 cm³/mol. The summed E-state index contributed by atoms with van der Waals surface area (Å²) in [5.74, 6) is 0.109. The molecule has 0 aliphatic heterocycles. The lowest BCUT2D eigenvalue weighted by molar-refractivity contribution is -0.137. The minimum atomic E-state index is -4.26. The van der Waals surface area contributed by atoms with Gasteiger partial charge >= 0.3 is 6.18 Å². The van der Waals surface area contributed by atoms with Crippen LogP contribution in [0.4, 0.5) is 13.2 Å². The molecule has 0 aliphatic carbocycles. The lowest BCUT2D eigenvalue weighted by atomic mass is 10.0. The molecule has 0 saturated heterocycles. The number of methoxy groups -OCH3 is 1. The van der Waals surface area contributed by atoms with Gasteiger partial charge in [0.05, 0.1) is 12.2 Å². The first kappa shape index (κ1) is 12.0. The van der Waals surface area contributed by atoms with Crippen LogP contribution in [-0.2, 0) is 10.9 Å². The molecule has 0 bridgehead atoms. The molecule has 1 nitrogen and oxygen atoms in total. The first-order valence-electron chi connectivity index (χ1n) is 4.61. The van der Waals surface area contributed by atoms with Crippen LogP contribution >= 0.6 is 0 Å². The Morgan fingerprint density at radius 1 is 1.20 bits per heavy atom. The zero-order valence-electron chi connectivity index (χ0n) is 8.64. The number of hydrogen-bond donors (Lipinski definition) is 0. The minimum absolute atomic E-state index is 0.109. The molecule has 1 aromatic rings. The van der Waals surface area contributed by atoms with Crippen molar-refractivity contribution in [1.82, 2.24) is 0 Å². The van der Waals surface area contributed by atoms with E-state index in [2.05, 4.69) is 0 Å². The second-order valence-corrected chi connectivity index (χ2v) is 3.48. The lowest BCUT2D eigenvalue weighted by Crippen LogP contribution is -2.06. The van der Waals surface area contributed by atoms with Gasteiger partial charge in [-0.1, -0.05) is 19.1 Å². The second-order valence-electron chi connectivity index (χ2n) is 3.48. The van der Waals surface area contributed by atoms with E-state index in [1.807, 2.05) is 6.92 Å². The summed E-state index contributed by atoms with van der Waals surface area (Å²) in [5.41, 5.74) is 0.237. The predicted octanol–water partition coefficient (Wildman–Crippen LogP) is 3.46. The molecular formula is C11H13F3O. The molecule has 1 atom stereocenters. The van der Waals surface area contributed by atoms with Crippen LogP contribution < -0.4 is 0 Å². The van der Waals surface area contributed by atoms with E-state index >= 15 is 0 Å². The Bertz CT molecular complexity index is 303. The molecule has 0 spiro atoms. The van der Waals surface area contributed by atoms with Crippen molar-refractivity contribution in [2.45, 2.75) is 19.0 Å². The molecule has 15 heavy (non-hydrogen) atoms. The molecule has 0 fully saturated rings. The smallest absolute Gasteiger partial charge is 0.384 e. The van der Waals surface area contributed by atoms with Crippen molar-refractivity contribution in [2.24, 2.45) is 0 Å². The van der Waals surface area contributed by atoms with Gasteiger partial charge in [-0.2, -0.15) is 13.2 Å². The highest BCUT2D eigenvalue weighted by Gasteiger charge is 2.30. The van der Waals surface area contributed by atoms with Crippen LogP contribution in [0.2, 0.25) is 0 Å². The van der Waals surface area contributed by atoms with E-state index in [1.165, 1.54) is 12.1 Å². The van der Waals surface area contributed by atoms with Gasteiger partial charge in [0.1, 0.15) is 0 Å². The van der Waals surface area contributed by atoms with Crippen molar-refractivity contribution in [3.05, 3.63) is 35.4 Å². The molecule has 0 aromatic heterocycles. The number of ether oxygens (including phenoxy) is 1. The molecule has 0 radical (unpaired) electrons. The third-order valence-electron chi connectivity index (χ3n) is 2.22. The zero-order chi connectivity index (χ0) is 11.5. The van der Waals surface area contributed by atoms with E-state index < -0.39 is 11.7 Å². The van der Waals surface area contributed by atoms with Crippen molar-refractivity contribution in [1.29, 1.82) is 0 Å². The molecule has 84 valence electrons. The standard InChI is InChI=1S/C11H13F3O/c1-8(7-15-2)9-3-5-10(6-4-9)11(12,13)14/h3-6,8H,7H2,1-2H3. The van der Waals surface area contributed by atoms with E-state index in [1.54, 1.807) is 7.11 Å². The van der Waals surface area contributed by atoms with Gasteiger partial charge < -0.3 is 4.74 Å². The Morgan fingerprint density at radius 2 is 1.73 bits per heavy atom. The Hall–Kier alpha value is -1.03. The highest BCUT2D eigenvalue weighted by Crippen LogP contribution is 2.30. The molecule has 1 rings (SSSR count). The Kier molecular flexibility index (Phi) is 3.74. The summed E-state index contributed by atoms with van der Waals surface area (Å²) in [6.45, 7) is 2.41. The maximum absolute atomic E-state index is 12.2. The monoisotopic (exact) mass is 218 g/mol. The largest absolute Gasteiger partial charge is 0.416 e. The molecular weight excluding hydrogens is 205 g/mol. The first-order chi connectivity index (χ1) is 6.95. The summed E-state index contributed by atoms with van der Waals surface area (Å²) in [4.78, 5) is 0. The minimum Gasteiger partial charge on any atom is -0.384 e. The average Bonchev–Trinajstić information content (AvgIpc) is 2.17. The molecule has 1 aromatic carbocycles. The van der Waals surface area contributed by atoms with Crippen LogP contribution in [0, 0.1) is 0 Å². The lowest BCUT2D eigenvalue weighted by Gasteiger charge is -2.12. The normalized spacial score (nSPS) is 13.9. The topological polar surface area (TPSA) is 9.23 Å². The summed E-state index contributed by atoms with van der Waals surface area (Å²) in [5, 5.41) is 0. The highest BCUT2D eigenvalue weighted by molar-refractivity contribution is 5.26. The summed E-state index contributed by atoms with van der Waals surface area (Å²) >= 11 is 0. The molecule has 1 unspecified atom stereocenters. The van der Waals surface area contributed by atoms with Crippen molar-refractivity contribution < 1.29 is 17.9 Å². The SMILES string of the molecule is COCC(C)c1ccc(C(F)(F)F)cc1. The fraction of sp³-hybridized carbons (Fsp3) is 0.455. The average molecular weight is 218 g/mol. The first-order valence-corrected chi connectivity index (χ1v) is 4.61. The van der Waals surface area contributed by atoms with Crippen molar-refractivity contribution in [3.8, 4) is 0 Å². The van der Waals surface area contributed by atoms with Gasteiger partial charge in [-0.3, -0.25) is 0 Å². The van der Waals surface area contributed by atoms with Crippen LogP contribution in [0.5, 0.6) is 0 Å². The van der Waals surface area contributed by atoms with Gasteiger partial charge in [-0.25, -0.2) is 0 Å². The van der Waals surface area contributed by atoms with Gasteiger partial charge in [-0.05, 0) is 17.7 Å². The zero-order valence-corrected chi connectivity index (χ0v) is 8.64. The van der Waals surface area contributed by atoms with Crippen molar-refractivity contribution in [3.63, 3.8) is 0 Å². The molecule has 0 aliphatic rings. The van der Waals surface area contributed by atoms with Crippen LogP contribution in [0.3, 0.4) is 0 Å². The maximum Gasteiger partial charge on any atom is 0.416 e. The van der Waals surface area contributed by atoms with Gasteiger partial charge in [0.2, 0.25) is 0 Å². The van der Waals surface area contributed by atoms with Gasteiger partial charge in [0.15, 0.2) is 0 Å². The summed E-state index contributed by atoms with van der Waals surface area (Å²) in [6, 6.07) is 5.18. The van der Waals surface area contributed by atoms with E-state index in [0.29, 0.717) is 6.61 Å². The van der Waals surface area contributed by atoms with Crippen LogP contribution in [0.15, 0.2) is 24.3 Å². The molecule has 0 N–H and O–H groups in total. The fourth-order valence-electron chi connectivity index (χ4n) is 1.35. The summed E-state index contributed by atoms with van der Waals surface area (Å²) < 4.78 is 41.7. The second kappa shape index (κ2) is 4.66. The fourth-order valence-corrected chi connectivity index (χ4v) is 1.35. The van der Waals surface area contributed by atoms with Gasteiger partial charge in [0.25, 0.3) is 0 Å². The van der Waals surface area contributed by atoms with E-state index in [-0.39, 0.29) is 5.92 Å². The van der Waals surface area contributed by atoms with E-state index in [0.717, 1.165) is 17.7 Å². The maximum atomic E-state index is 12.2. The van der Waals surface area contributed by atoms with Crippen LogP contribution in [-0.4, -0.2) is 13.7 Å². The number of alkyl halides is 3. The molecule has 0 saturated carbocycles. The number of benzene rings is 1. The summed E-state index contributed by atoms with van der Waals surface area (Å²) in [7, 11) is 1.57. The molecule has 0 heterocycles. The third kappa shape index (κ3) is 3.23. The molecule has 4 heteroatoms.